The molecule has 0 aliphatic carbocycles. The van der Waals surface area contributed by atoms with Crippen LogP contribution in [0.15, 0.2) is 18.5 Å². The Kier molecular flexibility index (Phi) is 3.28. The molecule has 5 nitrogen and oxygen atoms in total. The van der Waals surface area contributed by atoms with E-state index in [1.165, 1.54) is 0 Å². The van der Waals surface area contributed by atoms with E-state index in [2.05, 4.69) is 9.88 Å². The topological polar surface area (TPSA) is 75.2 Å². The molecule has 5 heteroatoms. The van der Waals surface area contributed by atoms with E-state index in [-0.39, 0.29) is 18.0 Å². The fourth-order valence-electron chi connectivity index (χ4n) is 2.24. The summed E-state index contributed by atoms with van der Waals surface area (Å²) in [6.07, 6.45) is 3.78. The van der Waals surface area contributed by atoms with Gasteiger partial charge >= 0.3 is 0 Å². The number of hydrogen-bond acceptors (Lipinski definition) is 4. The molecule has 1 saturated heterocycles. The van der Waals surface area contributed by atoms with Gasteiger partial charge in [-0.05, 0) is 19.9 Å². The van der Waals surface area contributed by atoms with E-state index in [4.69, 9.17) is 15.9 Å². The Labute approximate surface area is 101 Å². The van der Waals surface area contributed by atoms with Gasteiger partial charge in [0.2, 0.25) is 0 Å². The van der Waals surface area contributed by atoms with Gasteiger partial charge < -0.3 is 15.4 Å². The lowest BCUT2D eigenvalue weighted by atomic mass is 10.1. The van der Waals surface area contributed by atoms with E-state index in [0.717, 1.165) is 24.3 Å². The molecule has 1 fully saturated rings. The maximum Gasteiger partial charge on any atom is 0.125 e. The summed E-state index contributed by atoms with van der Waals surface area (Å²) in [5, 5.41) is 7.59. The molecule has 3 N–H and O–H groups in total. The number of amidine groups is 1. The van der Waals surface area contributed by atoms with Gasteiger partial charge in [-0.15, -0.1) is 0 Å². The quantitative estimate of drug-likeness (QED) is 0.591. The van der Waals surface area contributed by atoms with Crippen LogP contribution in [0.1, 0.15) is 19.4 Å². The van der Waals surface area contributed by atoms with Crippen LogP contribution in [0.4, 0.5) is 5.69 Å². The van der Waals surface area contributed by atoms with E-state index < -0.39 is 0 Å². The highest BCUT2D eigenvalue weighted by atomic mass is 16.5. The SMILES string of the molecule is CC1CN(c2cnccc2C(=N)N)CC(C)O1. The first kappa shape index (κ1) is 11.9. The molecule has 2 rings (SSSR count). The van der Waals surface area contributed by atoms with Crippen LogP contribution in [-0.4, -0.2) is 36.1 Å². The second kappa shape index (κ2) is 4.71. The Morgan fingerprint density at radius 3 is 2.71 bits per heavy atom. The molecule has 2 heterocycles. The number of hydrogen-bond donors (Lipinski definition) is 2. The fraction of sp³-hybridized carbons (Fsp3) is 0.500. The zero-order valence-corrected chi connectivity index (χ0v) is 10.2. The Morgan fingerprint density at radius 1 is 1.47 bits per heavy atom. The number of anilines is 1. The van der Waals surface area contributed by atoms with E-state index in [1.54, 1.807) is 18.5 Å². The number of nitrogen functional groups attached to an aromatic ring is 1. The molecule has 92 valence electrons. The number of nitrogens with two attached hydrogens (primary N) is 1. The van der Waals surface area contributed by atoms with Crippen molar-refractivity contribution in [2.75, 3.05) is 18.0 Å². The van der Waals surface area contributed by atoms with Gasteiger partial charge in [0.15, 0.2) is 0 Å². The minimum Gasteiger partial charge on any atom is -0.384 e. The molecule has 2 atom stereocenters. The first-order valence-electron chi connectivity index (χ1n) is 5.76. The first-order chi connectivity index (χ1) is 8.08. The van der Waals surface area contributed by atoms with Crippen LogP contribution < -0.4 is 10.6 Å². The lowest BCUT2D eigenvalue weighted by molar-refractivity contribution is -0.00524. The van der Waals surface area contributed by atoms with Gasteiger partial charge in [0.05, 0.1) is 24.1 Å². The maximum absolute atomic E-state index is 7.59. The number of morpholine rings is 1. The summed E-state index contributed by atoms with van der Waals surface area (Å²) in [6, 6.07) is 1.78. The second-order valence-electron chi connectivity index (χ2n) is 4.47. The number of nitrogens with zero attached hydrogens (tertiary/aromatic N) is 2. The number of aromatic nitrogens is 1. The molecule has 1 aromatic rings. The lowest BCUT2D eigenvalue weighted by Crippen LogP contribution is -2.46. The highest BCUT2D eigenvalue weighted by Crippen LogP contribution is 2.23. The molecule has 0 saturated carbocycles. The summed E-state index contributed by atoms with van der Waals surface area (Å²) in [7, 11) is 0. The first-order valence-corrected chi connectivity index (χ1v) is 5.76. The van der Waals surface area contributed by atoms with Crippen LogP contribution in [0, 0.1) is 5.41 Å². The van der Waals surface area contributed by atoms with Gasteiger partial charge in [-0.3, -0.25) is 10.4 Å². The lowest BCUT2D eigenvalue weighted by Gasteiger charge is -2.37. The summed E-state index contributed by atoms with van der Waals surface area (Å²) in [4.78, 5) is 6.30. The third kappa shape index (κ3) is 2.55. The number of pyridine rings is 1. The maximum atomic E-state index is 7.59. The number of ether oxygens (including phenoxy) is 1. The van der Waals surface area contributed by atoms with Crippen molar-refractivity contribution in [1.29, 1.82) is 5.41 Å². The summed E-state index contributed by atoms with van der Waals surface area (Å²) in [6.45, 7) is 5.70. The Hall–Kier alpha value is -1.62. The standard InChI is InChI=1S/C12H18N4O/c1-8-6-16(7-9(2)17-8)11-5-15-4-3-10(11)12(13)14/h3-5,8-9H,6-7H2,1-2H3,(H3,13,14). The van der Waals surface area contributed by atoms with E-state index in [1.807, 2.05) is 13.8 Å². The number of nitrogens with one attached hydrogen (secondary N) is 1. The van der Waals surface area contributed by atoms with Crippen molar-refractivity contribution in [3.63, 3.8) is 0 Å². The molecule has 0 spiro atoms. The predicted octanol–water partition coefficient (Wildman–Crippen LogP) is 0.979. The highest BCUT2D eigenvalue weighted by Gasteiger charge is 2.24. The van der Waals surface area contributed by atoms with Crippen molar-refractivity contribution < 1.29 is 4.74 Å². The number of rotatable bonds is 2. The fourth-order valence-corrected chi connectivity index (χ4v) is 2.24. The summed E-state index contributed by atoms with van der Waals surface area (Å²) in [5.41, 5.74) is 7.24. The Bertz CT molecular complexity index is 411. The molecule has 2 unspecified atom stereocenters. The van der Waals surface area contributed by atoms with Crippen molar-refractivity contribution in [3.05, 3.63) is 24.0 Å². The van der Waals surface area contributed by atoms with Gasteiger partial charge in [0.1, 0.15) is 5.84 Å². The van der Waals surface area contributed by atoms with Crippen LogP contribution >= 0.6 is 0 Å². The third-order valence-electron chi connectivity index (χ3n) is 2.85. The molecule has 0 bridgehead atoms. The zero-order valence-electron chi connectivity index (χ0n) is 10.2. The van der Waals surface area contributed by atoms with Crippen molar-refractivity contribution in [2.45, 2.75) is 26.1 Å². The monoisotopic (exact) mass is 234 g/mol. The van der Waals surface area contributed by atoms with Crippen LogP contribution in [-0.2, 0) is 4.74 Å². The minimum absolute atomic E-state index is 0.0780. The Balaban J connectivity index is 2.30. The largest absolute Gasteiger partial charge is 0.384 e. The molecule has 1 aliphatic rings. The third-order valence-corrected chi connectivity index (χ3v) is 2.85. The van der Waals surface area contributed by atoms with E-state index in [0.29, 0.717) is 0 Å². The molecule has 17 heavy (non-hydrogen) atoms. The second-order valence-corrected chi connectivity index (χ2v) is 4.47. The zero-order chi connectivity index (χ0) is 12.4. The molecule has 0 radical (unpaired) electrons. The smallest absolute Gasteiger partial charge is 0.125 e. The van der Waals surface area contributed by atoms with E-state index in [9.17, 15) is 0 Å². The molecular formula is C12H18N4O. The van der Waals surface area contributed by atoms with Crippen LogP contribution in [0.2, 0.25) is 0 Å². The van der Waals surface area contributed by atoms with Gasteiger partial charge in [-0.25, -0.2) is 0 Å². The molecule has 0 aromatic carbocycles. The average molecular weight is 234 g/mol. The van der Waals surface area contributed by atoms with Crippen LogP contribution in [0.25, 0.3) is 0 Å². The average Bonchev–Trinajstić information content (AvgIpc) is 2.27. The van der Waals surface area contributed by atoms with Crippen molar-refractivity contribution in [1.82, 2.24) is 4.98 Å². The van der Waals surface area contributed by atoms with E-state index >= 15 is 0 Å². The Morgan fingerprint density at radius 2 is 2.12 bits per heavy atom. The van der Waals surface area contributed by atoms with Gasteiger partial charge in [-0.1, -0.05) is 0 Å². The van der Waals surface area contributed by atoms with Crippen molar-refractivity contribution in [3.8, 4) is 0 Å². The van der Waals surface area contributed by atoms with Crippen molar-refractivity contribution in [2.24, 2.45) is 5.73 Å². The summed E-state index contributed by atoms with van der Waals surface area (Å²) in [5.74, 6) is 0.0780. The molecule has 1 aliphatic heterocycles. The van der Waals surface area contributed by atoms with Gasteiger partial charge in [-0.2, -0.15) is 0 Å². The minimum atomic E-state index is 0.0780. The van der Waals surface area contributed by atoms with Gasteiger partial charge in [0.25, 0.3) is 0 Å². The highest BCUT2D eigenvalue weighted by molar-refractivity contribution is 6.00. The summed E-state index contributed by atoms with van der Waals surface area (Å²) >= 11 is 0. The van der Waals surface area contributed by atoms with Crippen LogP contribution in [0.5, 0.6) is 0 Å². The van der Waals surface area contributed by atoms with Crippen LogP contribution in [0.3, 0.4) is 0 Å². The summed E-state index contributed by atoms with van der Waals surface area (Å²) < 4.78 is 5.69. The van der Waals surface area contributed by atoms with Crippen molar-refractivity contribution >= 4 is 11.5 Å². The molecule has 0 amide bonds. The molecular weight excluding hydrogens is 216 g/mol. The predicted molar refractivity (Wildman–Crippen MR) is 67.5 cm³/mol. The van der Waals surface area contributed by atoms with Gasteiger partial charge in [0, 0.05) is 24.8 Å². The molecule has 1 aromatic heterocycles. The normalized spacial score (nSPS) is 24.7.